The second-order valence-electron chi connectivity index (χ2n) is 6.70. The third-order valence-electron chi connectivity index (χ3n) is 4.66. The summed E-state index contributed by atoms with van der Waals surface area (Å²) in [4.78, 5) is 24.9. The molecule has 0 aliphatic rings. The maximum atomic E-state index is 12.6. The van der Waals surface area contributed by atoms with Crippen LogP contribution < -0.4 is 20.3 Å². The Morgan fingerprint density at radius 2 is 1.70 bits per heavy atom. The highest BCUT2D eigenvalue weighted by Gasteiger charge is 2.18. The largest absolute Gasteiger partial charge is 0.497 e. The van der Waals surface area contributed by atoms with Gasteiger partial charge in [0.05, 0.1) is 19.4 Å². The van der Waals surface area contributed by atoms with Crippen LogP contribution >= 0.6 is 0 Å². The quantitative estimate of drug-likeness (QED) is 0.620. The molecule has 0 saturated heterocycles. The van der Waals surface area contributed by atoms with Gasteiger partial charge in [0.15, 0.2) is 0 Å². The first-order chi connectivity index (χ1) is 14.5. The van der Waals surface area contributed by atoms with Crippen LogP contribution in [-0.4, -0.2) is 29.4 Å². The Labute approximate surface area is 175 Å². The van der Waals surface area contributed by atoms with E-state index in [9.17, 15) is 9.59 Å². The summed E-state index contributed by atoms with van der Waals surface area (Å²) in [5.41, 5.74) is 2.03. The third kappa shape index (κ3) is 5.05. The lowest BCUT2D eigenvalue weighted by atomic mass is 10.1. The molecule has 7 heteroatoms. The van der Waals surface area contributed by atoms with Crippen LogP contribution in [0.25, 0.3) is 11.3 Å². The van der Waals surface area contributed by atoms with Gasteiger partial charge in [-0.2, -0.15) is 5.10 Å². The van der Waals surface area contributed by atoms with E-state index in [1.807, 2.05) is 55.5 Å². The number of aromatic nitrogens is 2. The monoisotopic (exact) mass is 407 g/mol. The van der Waals surface area contributed by atoms with E-state index in [0.29, 0.717) is 18.8 Å². The summed E-state index contributed by atoms with van der Waals surface area (Å²) >= 11 is 0. The van der Waals surface area contributed by atoms with Gasteiger partial charge in [0.25, 0.3) is 5.56 Å². The topological polar surface area (TPSA) is 82.5 Å². The van der Waals surface area contributed by atoms with Crippen LogP contribution in [0.5, 0.6) is 11.5 Å². The molecule has 0 radical (unpaired) electrons. The van der Waals surface area contributed by atoms with E-state index in [-0.39, 0.29) is 11.5 Å². The minimum Gasteiger partial charge on any atom is -0.497 e. The number of amides is 1. The van der Waals surface area contributed by atoms with Crippen molar-refractivity contribution in [3.8, 4) is 22.8 Å². The van der Waals surface area contributed by atoms with Gasteiger partial charge >= 0.3 is 0 Å². The first-order valence-corrected chi connectivity index (χ1v) is 9.75. The van der Waals surface area contributed by atoms with Crippen LogP contribution in [0.15, 0.2) is 65.5 Å². The van der Waals surface area contributed by atoms with Gasteiger partial charge in [-0.15, -0.1) is 0 Å². The molecule has 1 unspecified atom stereocenters. The van der Waals surface area contributed by atoms with Crippen LogP contribution in [0.2, 0.25) is 0 Å². The number of methoxy groups -OCH3 is 1. The molecule has 0 aliphatic heterocycles. The molecule has 2 aromatic carbocycles. The number of rotatable bonds is 8. The highest BCUT2D eigenvalue weighted by atomic mass is 16.5. The lowest BCUT2D eigenvalue weighted by Crippen LogP contribution is -2.36. The predicted molar refractivity (Wildman–Crippen MR) is 115 cm³/mol. The van der Waals surface area contributed by atoms with E-state index in [1.54, 1.807) is 20.1 Å². The fourth-order valence-corrected chi connectivity index (χ4v) is 2.94. The van der Waals surface area contributed by atoms with Crippen molar-refractivity contribution in [2.24, 2.45) is 0 Å². The van der Waals surface area contributed by atoms with E-state index < -0.39 is 6.04 Å². The summed E-state index contributed by atoms with van der Waals surface area (Å²) in [6, 6.07) is 17.2. The summed E-state index contributed by atoms with van der Waals surface area (Å²) in [6.45, 7) is 4.51. The number of hydrogen-bond acceptors (Lipinski definition) is 5. The molecule has 30 heavy (non-hydrogen) atoms. The molecule has 0 bridgehead atoms. The Hall–Kier alpha value is -3.61. The van der Waals surface area contributed by atoms with Crippen LogP contribution in [0.4, 0.5) is 0 Å². The van der Waals surface area contributed by atoms with Gasteiger partial charge in [-0.1, -0.05) is 12.1 Å². The fraction of sp³-hybridized carbons (Fsp3) is 0.261. The van der Waals surface area contributed by atoms with Crippen molar-refractivity contribution in [1.29, 1.82) is 0 Å². The van der Waals surface area contributed by atoms with Crippen LogP contribution in [0, 0.1) is 0 Å². The standard InChI is InChI=1S/C23H25N3O4/c1-4-30-20-11-7-18(8-12-20)21-13-14-22(27)26(25-21)16(2)23(28)24-15-17-5-9-19(29-3)10-6-17/h5-14,16H,4,15H2,1-3H3,(H,24,28). The van der Waals surface area contributed by atoms with Crippen LogP contribution in [0.3, 0.4) is 0 Å². The Balaban J connectivity index is 1.72. The van der Waals surface area contributed by atoms with Crippen LogP contribution in [-0.2, 0) is 11.3 Å². The molecule has 3 aromatic rings. The lowest BCUT2D eigenvalue weighted by molar-refractivity contribution is -0.124. The zero-order valence-corrected chi connectivity index (χ0v) is 17.3. The van der Waals surface area contributed by atoms with E-state index in [1.165, 1.54) is 10.7 Å². The van der Waals surface area contributed by atoms with Crippen molar-refractivity contribution in [1.82, 2.24) is 15.1 Å². The smallest absolute Gasteiger partial charge is 0.267 e. The molecule has 0 saturated carbocycles. The summed E-state index contributed by atoms with van der Waals surface area (Å²) in [6.07, 6.45) is 0. The molecule has 1 N–H and O–H groups in total. The number of hydrogen-bond donors (Lipinski definition) is 1. The molecule has 0 aliphatic carbocycles. The zero-order valence-electron chi connectivity index (χ0n) is 17.3. The average Bonchev–Trinajstić information content (AvgIpc) is 2.78. The number of nitrogens with zero attached hydrogens (tertiary/aromatic N) is 2. The molecule has 0 spiro atoms. The molecular weight excluding hydrogens is 382 g/mol. The van der Waals surface area contributed by atoms with Crippen LogP contribution in [0.1, 0.15) is 25.5 Å². The minimum absolute atomic E-state index is 0.288. The zero-order chi connectivity index (χ0) is 21.5. The van der Waals surface area contributed by atoms with E-state index in [2.05, 4.69) is 10.4 Å². The van der Waals surface area contributed by atoms with Crippen molar-refractivity contribution in [2.75, 3.05) is 13.7 Å². The second kappa shape index (κ2) is 9.73. The number of carbonyl (C=O) groups excluding carboxylic acids is 1. The maximum Gasteiger partial charge on any atom is 0.267 e. The van der Waals surface area contributed by atoms with Gasteiger partial charge in [-0.25, -0.2) is 4.68 Å². The van der Waals surface area contributed by atoms with Crippen molar-refractivity contribution in [2.45, 2.75) is 26.4 Å². The summed E-state index contributed by atoms with van der Waals surface area (Å²) in [7, 11) is 1.60. The molecule has 1 amide bonds. The molecule has 1 heterocycles. The third-order valence-corrected chi connectivity index (χ3v) is 4.66. The normalized spacial score (nSPS) is 11.6. The predicted octanol–water partition coefficient (Wildman–Crippen LogP) is 3.20. The summed E-state index contributed by atoms with van der Waals surface area (Å²) < 4.78 is 11.8. The Morgan fingerprint density at radius 1 is 1.03 bits per heavy atom. The van der Waals surface area contributed by atoms with Crippen molar-refractivity contribution in [3.05, 3.63) is 76.6 Å². The first kappa shape index (κ1) is 21.1. The van der Waals surface area contributed by atoms with Gasteiger partial charge in [-0.05, 0) is 61.9 Å². The Kier molecular flexibility index (Phi) is 6.85. The molecule has 3 rings (SSSR count). The maximum absolute atomic E-state index is 12.6. The minimum atomic E-state index is -0.751. The lowest BCUT2D eigenvalue weighted by Gasteiger charge is -2.15. The fourth-order valence-electron chi connectivity index (χ4n) is 2.94. The Bertz CT molecular complexity index is 1040. The summed E-state index contributed by atoms with van der Waals surface area (Å²) in [5, 5.41) is 7.25. The molecular formula is C23H25N3O4. The van der Waals surface area contributed by atoms with Gasteiger partial charge in [-0.3, -0.25) is 9.59 Å². The average molecular weight is 407 g/mol. The molecule has 1 aromatic heterocycles. The van der Waals surface area contributed by atoms with Gasteiger partial charge in [0.2, 0.25) is 5.91 Å². The van der Waals surface area contributed by atoms with Gasteiger partial charge < -0.3 is 14.8 Å². The van der Waals surface area contributed by atoms with Crippen molar-refractivity contribution in [3.63, 3.8) is 0 Å². The molecule has 1 atom stereocenters. The number of nitrogens with one attached hydrogen (secondary N) is 1. The van der Waals surface area contributed by atoms with Crippen molar-refractivity contribution >= 4 is 5.91 Å². The van der Waals surface area contributed by atoms with E-state index in [0.717, 1.165) is 22.6 Å². The van der Waals surface area contributed by atoms with E-state index >= 15 is 0 Å². The SMILES string of the molecule is CCOc1ccc(-c2ccc(=O)n(C(C)C(=O)NCc3ccc(OC)cc3)n2)cc1. The number of ether oxygens (including phenoxy) is 2. The van der Waals surface area contributed by atoms with Gasteiger partial charge in [0, 0.05) is 18.2 Å². The number of carbonyl (C=O) groups is 1. The van der Waals surface area contributed by atoms with E-state index in [4.69, 9.17) is 9.47 Å². The number of benzene rings is 2. The summed E-state index contributed by atoms with van der Waals surface area (Å²) in [5.74, 6) is 1.23. The van der Waals surface area contributed by atoms with Gasteiger partial charge in [0.1, 0.15) is 17.5 Å². The second-order valence-corrected chi connectivity index (χ2v) is 6.70. The highest BCUT2D eigenvalue weighted by molar-refractivity contribution is 5.79. The highest BCUT2D eigenvalue weighted by Crippen LogP contribution is 2.20. The first-order valence-electron chi connectivity index (χ1n) is 9.75. The Morgan fingerprint density at radius 3 is 2.33 bits per heavy atom. The molecule has 0 fully saturated rings. The molecule has 7 nitrogen and oxygen atoms in total. The van der Waals surface area contributed by atoms with Crippen molar-refractivity contribution < 1.29 is 14.3 Å². The molecule has 156 valence electrons.